The summed E-state index contributed by atoms with van der Waals surface area (Å²) in [7, 11) is 1.96. The summed E-state index contributed by atoms with van der Waals surface area (Å²) in [5.74, 6) is 0. The minimum Gasteiger partial charge on any atom is -0.310 e. The number of aromatic nitrogens is 2. The minimum absolute atomic E-state index is 0.683. The smallest absolute Gasteiger partial charge is 0.0534 e. The highest BCUT2D eigenvalue weighted by Crippen LogP contribution is 2.10. The number of nitrogens with one attached hydrogen (secondary N) is 1. The summed E-state index contributed by atoms with van der Waals surface area (Å²) in [5.41, 5.74) is 1.28. The second kappa shape index (κ2) is 5.46. The summed E-state index contributed by atoms with van der Waals surface area (Å²) in [5, 5.41) is 7.79. The average Bonchev–Trinajstić information content (AvgIpc) is 2.73. The molecule has 0 spiro atoms. The van der Waals surface area contributed by atoms with Crippen molar-refractivity contribution in [2.75, 3.05) is 19.6 Å². The van der Waals surface area contributed by atoms with E-state index in [1.54, 1.807) is 0 Å². The fourth-order valence-corrected chi connectivity index (χ4v) is 2.28. The number of hydrogen-bond donors (Lipinski definition) is 1. The van der Waals surface area contributed by atoms with Crippen molar-refractivity contribution in [2.45, 2.75) is 32.4 Å². The molecule has 4 nitrogen and oxygen atoms in total. The van der Waals surface area contributed by atoms with Crippen LogP contribution in [0.3, 0.4) is 0 Å². The molecule has 0 aromatic carbocycles. The molecule has 0 unspecified atom stereocenters. The van der Waals surface area contributed by atoms with Gasteiger partial charge in [-0.3, -0.25) is 4.68 Å². The van der Waals surface area contributed by atoms with Crippen molar-refractivity contribution in [3.05, 3.63) is 18.0 Å². The molecule has 1 aliphatic rings. The number of piperidine rings is 1. The minimum atomic E-state index is 0.683. The van der Waals surface area contributed by atoms with Crippen molar-refractivity contribution < 1.29 is 0 Å². The number of hydrogen-bond acceptors (Lipinski definition) is 3. The molecule has 4 heteroatoms. The van der Waals surface area contributed by atoms with Crippen molar-refractivity contribution in [3.8, 4) is 0 Å². The zero-order chi connectivity index (χ0) is 11.4. The van der Waals surface area contributed by atoms with E-state index in [2.05, 4.69) is 28.4 Å². The predicted molar refractivity (Wildman–Crippen MR) is 65.2 cm³/mol. The highest BCUT2D eigenvalue weighted by Gasteiger charge is 2.17. The van der Waals surface area contributed by atoms with Crippen LogP contribution in [-0.2, 0) is 13.6 Å². The van der Waals surface area contributed by atoms with Gasteiger partial charge in [0.1, 0.15) is 0 Å². The first-order valence-corrected chi connectivity index (χ1v) is 6.21. The van der Waals surface area contributed by atoms with Crippen LogP contribution in [0.5, 0.6) is 0 Å². The van der Waals surface area contributed by atoms with Gasteiger partial charge in [-0.05, 0) is 32.5 Å². The Bertz CT molecular complexity index is 313. The van der Waals surface area contributed by atoms with Gasteiger partial charge in [0.05, 0.1) is 6.20 Å². The Labute approximate surface area is 97.6 Å². The van der Waals surface area contributed by atoms with E-state index in [0.717, 1.165) is 6.54 Å². The summed E-state index contributed by atoms with van der Waals surface area (Å²) in [6.07, 6.45) is 6.56. The Balaban J connectivity index is 1.71. The predicted octanol–water partition coefficient (Wildman–Crippen LogP) is 0.994. The molecule has 0 amide bonds. The van der Waals surface area contributed by atoms with Crippen molar-refractivity contribution in [1.82, 2.24) is 20.0 Å². The normalized spacial score (nSPS) is 19.1. The topological polar surface area (TPSA) is 33.1 Å². The SMILES string of the molecule is CCN1CCC(NCc2cnn(C)c2)CC1. The molecule has 0 saturated carbocycles. The Hall–Kier alpha value is -0.870. The van der Waals surface area contributed by atoms with Gasteiger partial charge in [0.25, 0.3) is 0 Å². The van der Waals surface area contributed by atoms with Crippen molar-refractivity contribution in [1.29, 1.82) is 0 Å². The second-order valence-corrected chi connectivity index (χ2v) is 4.61. The van der Waals surface area contributed by atoms with Crippen molar-refractivity contribution in [2.24, 2.45) is 7.05 Å². The zero-order valence-corrected chi connectivity index (χ0v) is 10.3. The van der Waals surface area contributed by atoms with E-state index in [9.17, 15) is 0 Å². The molecule has 0 atom stereocenters. The Kier molecular flexibility index (Phi) is 3.96. The van der Waals surface area contributed by atoms with Crippen LogP contribution < -0.4 is 5.32 Å². The summed E-state index contributed by atoms with van der Waals surface area (Å²) in [6, 6.07) is 0.683. The third kappa shape index (κ3) is 3.06. The Morgan fingerprint density at radius 1 is 1.44 bits per heavy atom. The van der Waals surface area contributed by atoms with Crippen LogP contribution in [0.4, 0.5) is 0 Å². The summed E-state index contributed by atoms with van der Waals surface area (Å²) >= 11 is 0. The molecule has 1 fully saturated rings. The third-order valence-electron chi connectivity index (χ3n) is 3.39. The lowest BCUT2D eigenvalue weighted by molar-refractivity contribution is 0.206. The number of likely N-dealkylation sites (tertiary alicyclic amines) is 1. The molecule has 16 heavy (non-hydrogen) atoms. The summed E-state index contributed by atoms with van der Waals surface area (Å²) < 4.78 is 1.86. The van der Waals surface area contributed by atoms with Crippen LogP contribution in [0.15, 0.2) is 12.4 Å². The molecule has 0 bridgehead atoms. The molecule has 0 aliphatic carbocycles. The van der Waals surface area contributed by atoms with E-state index in [0.29, 0.717) is 6.04 Å². The van der Waals surface area contributed by atoms with Crippen LogP contribution in [0, 0.1) is 0 Å². The standard InChI is InChI=1S/C12H22N4/c1-3-16-6-4-12(5-7-16)13-8-11-9-14-15(2)10-11/h9-10,12-13H,3-8H2,1-2H3. The molecule has 90 valence electrons. The highest BCUT2D eigenvalue weighted by atomic mass is 15.2. The Morgan fingerprint density at radius 3 is 2.75 bits per heavy atom. The number of nitrogens with zero attached hydrogens (tertiary/aromatic N) is 3. The summed E-state index contributed by atoms with van der Waals surface area (Å²) in [4.78, 5) is 2.52. The molecule has 2 heterocycles. The molecule has 1 saturated heterocycles. The van der Waals surface area contributed by atoms with Gasteiger partial charge in [0.2, 0.25) is 0 Å². The molecule has 2 rings (SSSR count). The molecular formula is C12H22N4. The maximum absolute atomic E-state index is 4.17. The lowest BCUT2D eigenvalue weighted by atomic mass is 10.1. The van der Waals surface area contributed by atoms with Crippen molar-refractivity contribution in [3.63, 3.8) is 0 Å². The fourth-order valence-electron chi connectivity index (χ4n) is 2.28. The first kappa shape index (κ1) is 11.6. The van der Waals surface area contributed by atoms with E-state index < -0.39 is 0 Å². The van der Waals surface area contributed by atoms with Gasteiger partial charge >= 0.3 is 0 Å². The fraction of sp³-hybridized carbons (Fsp3) is 0.750. The monoisotopic (exact) mass is 222 g/mol. The van der Waals surface area contributed by atoms with Gasteiger partial charge in [0, 0.05) is 31.4 Å². The van der Waals surface area contributed by atoms with Crippen LogP contribution in [-0.4, -0.2) is 40.4 Å². The molecular weight excluding hydrogens is 200 g/mol. The lowest BCUT2D eigenvalue weighted by Gasteiger charge is -2.31. The zero-order valence-electron chi connectivity index (χ0n) is 10.3. The largest absolute Gasteiger partial charge is 0.310 e. The lowest BCUT2D eigenvalue weighted by Crippen LogP contribution is -2.42. The number of rotatable bonds is 4. The molecule has 1 aliphatic heterocycles. The van der Waals surface area contributed by atoms with E-state index in [-0.39, 0.29) is 0 Å². The molecule has 1 N–H and O–H groups in total. The maximum atomic E-state index is 4.17. The van der Waals surface area contributed by atoms with Crippen LogP contribution >= 0.6 is 0 Å². The molecule has 1 aromatic rings. The average molecular weight is 222 g/mol. The van der Waals surface area contributed by atoms with Crippen molar-refractivity contribution >= 4 is 0 Å². The van der Waals surface area contributed by atoms with Crippen LogP contribution in [0.1, 0.15) is 25.3 Å². The first-order valence-electron chi connectivity index (χ1n) is 6.21. The van der Waals surface area contributed by atoms with E-state index in [4.69, 9.17) is 0 Å². The third-order valence-corrected chi connectivity index (χ3v) is 3.39. The van der Waals surface area contributed by atoms with Gasteiger partial charge in [-0.25, -0.2) is 0 Å². The summed E-state index contributed by atoms with van der Waals surface area (Å²) in [6.45, 7) is 6.85. The van der Waals surface area contributed by atoms with E-state index >= 15 is 0 Å². The van der Waals surface area contributed by atoms with Gasteiger partial charge in [-0.1, -0.05) is 6.92 Å². The first-order chi connectivity index (χ1) is 7.78. The Morgan fingerprint density at radius 2 is 2.19 bits per heavy atom. The molecule has 1 aromatic heterocycles. The van der Waals surface area contributed by atoms with E-state index in [1.165, 1.54) is 38.0 Å². The van der Waals surface area contributed by atoms with E-state index in [1.807, 2.05) is 17.9 Å². The van der Waals surface area contributed by atoms with Crippen LogP contribution in [0.2, 0.25) is 0 Å². The highest BCUT2D eigenvalue weighted by molar-refractivity contribution is 5.03. The van der Waals surface area contributed by atoms with Gasteiger partial charge in [-0.2, -0.15) is 5.10 Å². The second-order valence-electron chi connectivity index (χ2n) is 4.61. The molecule has 0 radical (unpaired) electrons. The van der Waals surface area contributed by atoms with Crippen LogP contribution in [0.25, 0.3) is 0 Å². The van der Waals surface area contributed by atoms with Gasteiger partial charge < -0.3 is 10.2 Å². The quantitative estimate of drug-likeness (QED) is 0.825. The maximum Gasteiger partial charge on any atom is 0.0534 e. The number of aryl methyl sites for hydroxylation is 1. The van der Waals surface area contributed by atoms with Gasteiger partial charge in [-0.15, -0.1) is 0 Å². The van der Waals surface area contributed by atoms with Gasteiger partial charge in [0.15, 0.2) is 0 Å².